The Morgan fingerprint density at radius 3 is 2.21 bits per heavy atom. The Labute approximate surface area is 144 Å². The van der Waals surface area contributed by atoms with E-state index in [9.17, 15) is 13.2 Å². The predicted octanol–water partition coefficient (Wildman–Crippen LogP) is 1.00. The minimum Gasteiger partial charge on any atom is -0.345 e. The van der Waals surface area contributed by atoms with Crippen LogP contribution < -0.4 is 0 Å². The van der Waals surface area contributed by atoms with Gasteiger partial charge in [-0.3, -0.25) is 4.79 Å². The summed E-state index contributed by atoms with van der Waals surface area (Å²) in [5, 5.41) is 0. The van der Waals surface area contributed by atoms with Gasteiger partial charge in [0, 0.05) is 57.7 Å². The maximum atomic E-state index is 12.9. The molecule has 134 valence electrons. The molecule has 1 aromatic rings. The minimum atomic E-state index is -3.40. The van der Waals surface area contributed by atoms with Crippen LogP contribution >= 0.6 is 0 Å². The third-order valence-corrected chi connectivity index (χ3v) is 6.88. The molecule has 24 heavy (non-hydrogen) atoms. The number of aromatic nitrogens is 1. The predicted molar refractivity (Wildman–Crippen MR) is 92.3 cm³/mol. The lowest BCUT2D eigenvalue weighted by Crippen LogP contribution is -2.53. The first-order valence-corrected chi connectivity index (χ1v) is 9.78. The smallest absolute Gasteiger partial charge is 0.281 e. The summed E-state index contributed by atoms with van der Waals surface area (Å²) < 4.78 is 29.2. The largest absolute Gasteiger partial charge is 0.345 e. The molecule has 1 saturated heterocycles. The summed E-state index contributed by atoms with van der Waals surface area (Å²) in [6.45, 7) is 5.59. The highest BCUT2D eigenvalue weighted by Crippen LogP contribution is 2.38. The maximum Gasteiger partial charge on any atom is 0.281 e. The van der Waals surface area contributed by atoms with Crippen LogP contribution in [0.3, 0.4) is 0 Å². The zero-order chi connectivity index (χ0) is 17.6. The van der Waals surface area contributed by atoms with E-state index in [2.05, 4.69) is 4.57 Å². The van der Waals surface area contributed by atoms with Crippen LogP contribution in [0.4, 0.5) is 0 Å². The third kappa shape index (κ3) is 2.98. The fourth-order valence-electron chi connectivity index (χ4n) is 3.41. The SMILES string of the molecule is Cc1cc(C(=O)N2CCN(S(=O)(=O)N(C)C)CC2)c(C)n1C1CC1. The quantitative estimate of drug-likeness (QED) is 0.810. The number of aryl methyl sites for hydroxylation is 1. The number of hydrogen-bond donors (Lipinski definition) is 0. The van der Waals surface area contributed by atoms with E-state index >= 15 is 0 Å². The molecule has 0 bridgehead atoms. The number of rotatable bonds is 4. The van der Waals surface area contributed by atoms with Crippen molar-refractivity contribution < 1.29 is 13.2 Å². The molecule has 8 heteroatoms. The van der Waals surface area contributed by atoms with Gasteiger partial charge in [-0.2, -0.15) is 17.0 Å². The van der Waals surface area contributed by atoms with Crippen LogP contribution in [-0.4, -0.2) is 72.7 Å². The second-order valence-electron chi connectivity index (χ2n) is 6.87. The molecule has 1 saturated carbocycles. The standard InChI is InChI=1S/C16H26N4O3S/c1-12-11-15(13(2)20(12)14-5-6-14)16(21)18-7-9-19(10-8-18)24(22,23)17(3)4/h11,14H,5-10H2,1-4H3. The number of nitrogens with zero attached hydrogens (tertiary/aromatic N) is 4. The molecule has 1 amide bonds. The van der Waals surface area contributed by atoms with Crippen molar-refractivity contribution in [1.29, 1.82) is 0 Å². The Hall–Kier alpha value is -1.38. The molecule has 2 fully saturated rings. The molecule has 0 aromatic carbocycles. The van der Waals surface area contributed by atoms with Crippen LogP contribution in [0.5, 0.6) is 0 Å². The van der Waals surface area contributed by atoms with E-state index in [1.54, 1.807) is 4.90 Å². The number of piperazine rings is 1. The van der Waals surface area contributed by atoms with Crippen molar-refractivity contribution in [1.82, 2.24) is 18.1 Å². The molecule has 2 aliphatic rings. The molecule has 2 heterocycles. The molecule has 7 nitrogen and oxygen atoms in total. The molecule has 0 N–H and O–H groups in total. The van der Waals surface area contributed by atoms with Gasteiger partial charge >= 0.3 is 0 Å². The van der Waals surface area contributed by atoms with E-state index in [0.29, 0.717) is 32.2 Å². The molecule has 0 unspecified atom stereocenters. The summed E-state index contributed by atoms with van der Waals surface area (Å²) in [7, 11) is -0.348. The normalized spacial score (nSPS) is 20.0. The van der Waals surface area contributed by atoms with Gasteiger partial charge in [0.15, 0.2) is 0 Å². The van der Waals surface area contributed by atoms with E-state index in [1.165, 1.54) is 35.5 Å². The van der Waals surface area contributed by atoms with Gasteiger partial charge in [0.05, 0.1) is 5.56 Å². The maximum absolute atomic E-state index is 12.9. The first-order chi connectivity index (χ1) is 11.2. The third-order valence-electron chi connectivity index (χ3n) is 4.94. The van der Waals surface area contributed by atoms with Gasteiger partial charge in [0.2, 0.25) is 0 Å². The first kappa shape index (κ1) is 17.4. The van der Waals surface area contributed by atoms with Crippen molar-refractivity contribution in [2.24, 2.45) is 0 Å². The Kier molecular flexibility index (Phi) is 4.48. The molecule has 1 aromatic heterocycles. The van der Waals surface area contributed by atoms with Crippen molar-refractivity contribution in [2.75, 3.05) is 40.3 Å². The first-order valence-electron chi connectivity index (χ1n) is 8.38. The van der Waals surface area contributed by atoms with E-state index in [0.717, 1.165) is 17.0 Å². The number of amides is 1. The average Bonchev–Trinajstić information content (AvgIpc) is 3.32. The van der Waals surface area contributed by atoms with Gasteiger partial charge in [-0.05, 0) is 32.8 Å². The van der Waals surface area contributed by atoms with Crippen LogP contribution in [0.15, 0.2) is 6.07 Å². The van der Waals surface area contributed by atoms with E-state index in [-0.39, 0.29) is 5.91 Å². The Balaban J connectivity index is 1.71. The van der Waals surface area contributed by atoms with Gasteiger partial charge in [0.1, 0.15) is 0 Å². The second kappa shape index (κ2) is 6.16. The summed E-state index contributed by atoms with van der Waals surface area (Å²) in [4.78, 5) is 14.6. The van der Waals surface area contributed by atoms with Gasteiger partial charge in [-0.25, -0.2) is 0 Å². The van der Waals surface area contributed by atoms with Crippen molar-refractivity contribution in [3.05, 3.63) is 23.0 Å². The van der Waals surface area contributed by atoms with Crippen LogP contribution in [0.2, 0.25) is 0 Å². The van der Waals surface area contributed by atoms with E-state index < -0.39 is 10.2 Å². The molecule has 0 atom stereocenters. The lowest BCUT2D eigenvalue weighted by molar-refractivity contribution is 0.0694. The fourth-order valence-corrected chi connectivity index (χ4v) is 4.50. The highest BCUT2D eigenvalue weighted by molar-refractivity contribution is 7.86. The van der Waals surface area contributed by atoms with Crippen molar-refractivity contribution in [3.8, 4) is 0 Å². The molecule has 1 aliphatic heterocycles. The van der Waals surface area contributed by atoms with Crippen LogP contribution in [0, 0.1) is 13.8 Å². The topological polar surface area (TPSA) is 65.9 Å². The molecular weight excluding hydrogens is 328 g/mol. The summed E-state index contributed by atoms with van der Waals surface area (Å²) in [5.74, 6) is 0.0110. The lowest BCUT2D eigenvalue weighted by atomic mass is 10.2. The van der Waals surface area contributed by atoms with Crippen molar-refractivity contribution in [2.45, 2.75) is 32.7 Å². The molecule has 1 aliphatic carbocycles. The van der Waals surface area contributed by atoms with Gasteiger partial charge in [-0.1, -0.05) is 0 Å². The summed E-state index contributed by atoms with van der Waals surface area (Å²) >= 11 is 0. The van der Waals surface area contributed by atoms with Gasteiger partial charge < -0.3 is 9.47 Å². The molecule has 3 rings (SSSR count). The van der Waals surface area contributed by atoms with E-state index in [1.807, 2.05) is 19.9 Å². The van der Waals surface area contributed by atoms with Crippen LogP contribution in [0.25, 0.3) is 0 Å². The van der Waals surface area contributed by atoms with E-state index in [4.69, 9.17) is 0 Å². The minimum absolute atomic E-state index is 0.0110. The summed E-state index contributed by atoms with van der Waals surface area (Å²) in [6, 6.07) is 2.52. The van der Waals surface area contributed by atoms with Gasteiger partial charge in [-0.15, -0.1) is 0 Å². The molecular formula is C16H26N4O3S. The van der Waals surface area contributed by atoms with Gasteiger partial charge in [0.25, 0.3) is 16.1 Å². The van der Waals surface area contributed by atoms with Crippen LogP contribution in [0.1, 0.15) is 40.6 Å². The Bertz CT molecular complexity index is 742. The monoisotopic (exact) mass is 354 g/mol. The lowest BCUT2D eigenvalue weighted by Gasteiger charge is -2.35. The summed E-state index contributed by atoms with van der Waals surface area (Å²) in [6.07, 6.45) is 2.37. The average molecular weight is 354 g/mol. The highest BCUT2D eigenvalue weighted by atomic mass is 32.2. The zero-order valence-electron chi connectivity index (χ0n) is 14.8. The van der Waals surface area contributed by atoms with Crippen molar-refractivity contribution in [3.63, 3.8) is 0 Å². The zero-order valence-corrected chi connectivity index (χ0v) is 15.6. The number of carbonyl (C=O) groups is 1. The Morgan fingerprint density at radius 2 is 1.71 bits per heavy atom. The van der Waals surface area contributed by atoms with Crippen LogP contribution in [-0.2, 0) is 10.2 Å². The molecule has 0 spiro atoms. The number of hydrogen-bond acceptors (Lipinski definition) is 3. The van der Waals surface area contributed by atoms with Crippen molar-refractivity contribution >= 4 is 16.1 Å². The Morgan fingerprint density at radius 1 is 1.12 bits per heavy atom. The highest BCUT2D eigenvalue weighted by Gasteiger charge is 2.33. The number of carbonyl (C=O) groups excluding carboxylic acids is 1. The summed E-state index contributed by atoms with van der Waals surface area (Å²) in [5.41, 5.74) is 2.92. The fraction of sp³-hybridized carbons (Fsp3) is 0.688. The second-order valence-corrected chi connectivity index (χ2v) is 9.01. The molecule has 0 radical (unpaired) electrons.